The molecule has 5 heteroatoms. The molecule has 0 radical (unpaired) electrons. The van der Waals surface area contributed by atoms with Gasteiger partial charge in [0.2, 0.25) is 0 Å². The van der Waals surface area contributed by atoms with Crippen molar-refractivity contribution in [3.63, 3.8) is 0 Å². The minimum Gasteiger partial charge on any atom is -0.460 e. The number of carbonyl (C=O) groups excluding carboxylic acids is 1. The number of fused-ring (bicyclic) bond motifs is 4. The number of benzene rings is 1. The molecule has 0 heterocycles. The lowest BCUT2D eigenvalue weighted by molar-refractivity contribution is -0.159. The summed E-state index contributed by atoms with van der Waals surface area (Å²) in [5.74, 6) is 2.52. The number of halogens is 1. The van der Waals surface area contributed by atoms with Crippen LogP contribution in [0.5, 0.6) is 0 Å². The molecule has 2 N–H and O–H groups in total. The van der Waals surface area contributed by atoms with Crippen LogP contribution in [0.15, 0.2) is 65.8 Å². The van der Waals surface area contributed by atoms with E-state index in [4.69, 9.17) is 4.74 Å². The molecule has 5 aliphatic carbocycles. The fraction of sp³-hybridized carbons (Fsp3) is 0.729. The maximum Gasteiger partial charge on any atom is 0.315 e. The van der Waals surface area contributed by atoms with Gasteiger partial charge in [-0.3, -0.25) is 4.79 Å². The summed E-state index contributed by atoms with van der Waals surface area (Å²) in [6.07, 6.45) is 18.5. The molecule has 1 aromatic carbocycles. The number of allylic oxidation sites excluding steroid dienone is 5. The Morgan fingerprint density at radius 3 is 2.30 bits per heavy atom. The smallest absolute Gasteiger partial charge is 0.315 e. The molecule has 0 aliphatic heterocycles. The number of nitrogens with one attached hydrogen (secondary N) is 1. The topological polar surface area (TPSA) is 58.6 Å². The molecule has 294 valence electrons. The van der Waals surface area contributed by atoms with Gasteiger partial charge in [-0.2, -0.15) is 0 Å². The largest absolute Gasteiger partial charge is 0.460 e. The van der Waals surface area contributed by atoms with Gasteiger partial charge < -0.3 is 15.2 Å². The number of hydrogen-bond acceptors (Lipinski definition) is 4. The van der Waals surface area contributed by atoms with Crippen molar-refractivity contribution >= 4 is 5.97 Å². The molecule has 5 aliphatic rings. The fourth-order valence-corrected chi connectivity index (χ4v) is 13.0. The third-order valence-corrected chi connectivity index (χ3v) is 16.3. The number of esters is 1. The van der Waals surface area contributed by atoms with E-state index in [1.54, 1.807) is 0 Å². The minimum atomic E-state index is -1.09. The molecular formula is C48H72FNO3. The molecule has 9 atom stereocenters. The van der Waals surface area contributed by atoms with E-state index in [2.05, 4.69) is 65.6 Å². The Labute approximate surface area is 321 Å². The predicted octanol–water partition coefficient (Wildman–Crippen LogP) is 11.5. The number of ether oxygens (including phenoxy) is 1. The van der Waals surface area contributed by atoms with Crippen molar-refractivity contribution in [3.05, 3.63) is 71.3 Å². The SMILES string of the molecule is C=C(C)C1CCC2(NCC(C)(C)O)CCC(C)C3(C)CCC4C(C)(C)C(C5=CCC(CF)(C(=O)OCc6ccccc6)CC5)=CCC4(C)C3CCCC12. The highest BCUT2D eigenvalue weighted by Crippen LogP contribution is 2.68. The Hall–Kier alpha value is -2.24. The molecule has 1 aromatic rings. The standard InChI is InChI=1S/C48H72FNO3/c1-33(2)37-21-29-48(50-32-43(4,5)52)28-18-34(3)45(8)25-23-40-44(6,7)38(22-24-46(40,9)41(45)17-13-16-39(37)48)36-19-26-47(31-49,27-20-36)42(51)53-30-35-14-11-10-12-15-35/h10-12,14-15,19,22,34,37,39-41,50,52H,1,13,16-18,20-21,23-32H2,2-9H3. The van der Waals surface area contributed by atoms with Crippen molar-refractivity contribution in [1.82, 2.24) is 5.32 Å². The summed E-state index contributed by atoms with van der Waals surface area (Å²) >= 11 is 0. The molecule has 6 rings (SSSR count). The monoisotopic (exact) mass is 730 g/mol. The summed E-state index contributed by atoms with van der Waals surface area (Å²) in [6, 6.07) is 9.67. The van der Waals surface area contributed by atoms with Gasteiger partial charge in [0.15, 0.2) is 0 Å². The Bertz CT molecular complexity index is 1560. The van der Waals surface area contributed by atoms with Crippen molar-refractivity contribution in [2.24, 2.45) is 51.2 Å². The second-order valence-corrected chi connectivity index (χ2v) is 20.4. The molecule has 0 spiro atoms. The van der Waals surface area contributed by atoms with Crippen LogP contribution in [0, 0.1) is 51.2 Å². The minimum absolute atomic E-state index is 0.00504. The van der Waals surface area contributed by atoms with Gasteiger partial charge in [0, 0.05) is 12.1 Å². The van der Waals surface area contributed by atoms with Crippen LogP contribution >= 0.6 is 0 Å². The van der Waals surface area contributed by atoms with Gasteiger partial charge in [-0.25, -0.2) is 4.39 Å². The molecule has 3 saturated carbocycles. The molecule has 0 saturated heterocycles. The average Bonchev–Trinajstić information content (AvgIpc) is 3.48. The highest BCUT2D eigenvalue weighted by Gasteiger charge is 2.61. The summed E-state index contributed by atoms with van der Waals surface area (Å²) in [5, 5.41) is 14.8. The molecule has 0 bridgehead atoms. The maximum absolute atomic E-state index is 14.7. The number of carbonyl (C=O) groups is 1. The van der Waals surface area contributed by atoms with Crippen molar-refractivity contribution < 1.29 is 19.0 Å². The summed E-state index contributed by atoms with van der Waals surface area (Å²) in [7, 11) is 0. The first-order valence-electron chi connectivity index (χ1n) is 21.2. The van der Waals surface area contributed by atoms with Gasteiger partial charge in [-0.1, -0.05) is 95.7 Å². The summed E-state index contributed by atoms with van der Waals surface area (Å²) in [4.78, 5) is 13.3. The number of rotatable bonds is 9. The van der Waals surface area contributed by atoms with Crippen LogP contribution in [0.4, 0.5) is 4.39 Å². The Morgan fingerprint density at radius 2 is 1.66 bits per heavy atom. The number of hydrogen-bond donors (Lipinski definition) is 2. The first kappa shape index (κ1) is 40.4. The zero-order valence-electron chi connectivity index (χ0n) is 34.6. The average molecular weight is 730 g/mol. The second-order valence-electron chi connectivity index (χ2n) is 20.4. The van der Waals surface area contributed by atoms with Crippen LogP contribution in [-0.2, 0) is 16.1 Å². The zero-order valence-corrected chi connectivity index (χ0v) is 34.6. The van der Waals surface area contributed by atoms with E-state index in [-0.39, 0.29) is 28.4 Å². The van der Waals surface area contributed by atoms with Crippen molar-refractivity contribution in [3.8, 4) is 0 Å². The third kappa shape index (κ3) is 7.53. The van der Waals surface area contributed by atoms with Crippen LogP contribution in [0.2, 0.25) is 0 Å². The quantitative estimate of drug-likeness (QED) is 0.196. The van der Waals surface area contributed by atoms with Gasteiger partial charge in [-0.05, 0) is 160 Å². The van der Waals surface area contributed by atoms with Gasteiger partial charge >= 0.3 is 5.97 Å². The third-order valence-electron chi connectivity index (χ3n) is 16.3. The molecule has 0 aromatic heterocycles. The Balaban J connectivity index is 1.23. The van der Waals surface area contributed by atoms with Gasteiger partial charge in [-0.15, -0.1) is 0 Å². The van der Waals surface area contributed by atoms with Crippen LogP contribution in [-0.4, -0.2) is 35.4 Å². The zero-order chi connectivity index (χ0) is 38.5. The maximum atomic E-state index is 14.7. The van der Waals surface area contributed by atoms with Gasteiger partial charge in [0.1, 0.15) is 13.3 Å². The number of alkyl halides is 1. The molecule has 3 fully saturated rings. The van der Waals surface area contributed by atoms with E-state index in [0.29, 0.717) is 49.0 Å². The van der Waals surface area contributed by atoms with Crippen LogP contribution in [0.1, 0.15) is 144 Å². The van der Waals surface area contributed by atoms with E-state index in [0.717, 1.165) is 18.4 Å². The van der Waals surface area contributed by atoms with E-state index in [1.165, 1.54) is 74.5 Å². The predicted molar refractivity (Wildman–Crippen MR) is 216 cm³/mol. The second kappa shape index (κ2) is 15.0. The highest BCUT2D eigenvalue weighted by atomic mass is 19.1. The van der Waals surface area contributed by atoms with E-state index < -0.39 is 23.7 Å². The van der Waals surface area contributed by atoms with Crippen molar-refractivity contribution in [2.75, 3.05) is 13.2 Å². The lowest BCUT2D eigenvalue weighted by Crippen LogP contribution is -2.58. The van der Waals surface area contributed by atoms with Crippen molar-refractivity contribution in [1.29, 1.82) is 0 Å². The van der Waals surface area contributed by atoms with E-state index >= 15 is 0 Å². The van der Waals surface area contributed by atoms with Crippen molar-refractivity contribution in [2.45, 2.75) is 157 Å². The molecule has 53 heavy (non-hydrogen) atoms. The first-order chi connectivity index (χ1) is 24.9. The highest BCUT2D eigenvalue weighted by molar-refractivity contribution is 5.78. The molecule has 4 nitrogen and oxygen atoms in total. The lowest BCUT2D eigenvalue weighted by atomic mass is 9.40. The van der Waals surface area contributed by atoms with Crippen LogP contribution in [0.25, 0.3) is 0 Å². The normalized spacial score (nSPS) is 38.7. The van der Waals surface area contributed by atoms with Gasteiger partial charge in [0.25, 0.3) is 0 Å². The number of β-amino-alcohol motifs (C(OH)–C–C–N with tert-alkyl or cyclic N) is 1. The van der Waals surface area contributed by atoms with Gasteiger partial charge in [0.05, 0.1) is 11.0 Å². The lowest BCUT2D eigenvalue weighted by Gasteiger charge is -2.64. The molecule has 9 unspecified atom stereocenters. The Morgan fingerprint density at radius 1 is 0.943 bits per heavy atom. The van der Waals surface area contributed by atoms with Crippen LogP contribution < -0.4 is 5.32 Å². The van der Waals surface area contributed by atoms with E-state index in [1.807, 2.05) is 44.2 Å². The van der Waals surface area contributed by atoms with Crippen LogP contribution in [0.3, 0.4) is 0 Å². The molecule has 0 amide bonds. The summed E-state index contributed by atoms with van der Waals surface area (Å²) < 4.78 is 20.4. The summed E-state index contributed by atoms with van der Waals surface area (Å²) in [6.45, 7) is 23.6. The molecular weight excluding hydrogens is 658 g/mol. The Kier molecular flexibility index (Phi) is 11.5. The fourth-order valence-electron chi connectivity index (χ4n) is 13.0. The first-order valence-corrected chi connectivity index (χ1v) is 21.2. The number of aliphatic hydroxyl groups is 1. The summed E-state index contributed by atoms with van der Waals surface area (Å²) in [5.41, 5.74) is 3.74. The van der Waals surface area contributed by atoms with E-state index in [9.17, 15) is 14.3 Å².